The van der Waals surface area contributed by atoms with Gasteiger partial charge in [0.2, 0.25) is 5.91 Å². The Morgan fingerprint density at radius 1 is 1.14 bits per heavy atom. The van der Waals surface area contributed by atoms with Gasteiger partial charge in [0.1, 0.15) is 5.82 Å². The smallest absolute Gasteiger partial charge is 0.234 e. The van der Waals surface area contributed by atoms with Gasteiger partial charge >= 0.3 is 0 Å². The number of carbonyl (C=O) groups excluding carboxylic acids is 1. The molecular weight excluding hydrogens is 375 g/mol. The SMILES string of the molecule is Cc1ccc(NC(=O)CSc2nnc(-c3ccccc3F)n2CC(C)C)cc1. The maximum Gasteiger partial charge on any atom is 0.234 e. The Bertz CT molecular complexity index is 953. The molecule has 5 nitrogen and oxygen atoms in total. The minimum absolute atomic E-state index is 0.125. The van der Waals surface area contributed by atoms with Gasteiger partial charge < -0.3 is 9.88 Å². The average Bonchev–Trinajstić information content (AvgIpc) is 3.04. The van der Waals surface area contributed by atoms with Crippen LogP contribution in [0.4, 0.5) is 10.1 Å². The lowest BCUT2D eigenvalue weighted by Gasteiger charge is -2.13. The van der Waals surface area contributed by atoms with Crippen LogP contribution in [-0.4, -0.2) is 26.4 Å². The first-order valence-electron chi connectivity index (χ1n) is 9.11. The molecule has 1 N–H and O–H groups in total. The third kappa shape index (κ3) is 4.98. The summed E-state index contributed by atoms with van der Waals surface area (Å²) in [6.45, 7) is 6.78. The second kappa shape index (κ2) is 9.01. The molecule has 0 aliphatic rings. The van der Waals surface area contributed by atoms with Gasteiger partial charge in [-0.3, -0.25) is 4.79 Å². The van der Waals surface area contributed by atoms with Crippen LogP contribution in [0.1, 0.15) is 19.4 Å². The number of rotatable bonds is 7. The monoisotopic (exact) mass is 398 g/mol. The fourth-order valence-electron chi connectivity index (χ4n) is 2.73. The maximum atomic E-state index is 14.2. The number of nitrogens with one attached hydrogen (secondary N) is 1. The van der Waals surface area contributed by atoms with E-state index in [-0.39, 0.29) is 17.5 Å². The number of aryl methyl sites for hydroxylation is 1. The summed E-state index contributed by atoms with van der Waals surface area (Å²) in [6, 6.07) is 14.2. The van der Waals surface area contributed by atoms with Gasteiger partial charge in [-0.15, -0.1) is 10.2 Å². The van der Waals surface area contributed by atoms with Crippen LogP contribution < -0.4 is 5.32 Å². The molecule has 1 aromatic heterocycles. The van der Waals surface area contributed by atoms with E-state index in [0.717, 1.165) is 11.3 Å². The zero-order chi connectivity index (χ0) is 20.1. The largest absolute Gasteiger partial charge is 0.325 e. The van der Waals surface area contributed by atoms with Gasteiger partial charge in [0, 0.05) is 12.2 Å². The fourth-order valence-corrected chi connectivity index (χ4v) is 3.48. The van der Waals surface area contributed by atoms with E-state index in [1.165, 1.54) is 17.8 Å². The van der Waals surface area contributed by atoms with Crippen molar-refractivity contribution in [1.29, 1.82) is 0 Å². The zero-order valence-electron chi connectivity index (χ0n) is 16.1. The molecule has 0 aliphatic heterocycles. The van der Waals surface area contributed by atoms with Crippen molar-refractivity contribution in [2.45, 2.75) is 32.5 Å². The van der Waals surface area contributed by atoms with Crippen molar-refractivity contribution in [2.75, 3.05) is 11.1 Å². The first-order chi connectivity index (χ1) is 13.4. The van der Waals surface area contributed by atoms with Crippen molar-refractivity contribution in [3.8, 4) is 11.4 Å². The van der Waals surface area contributed by atoms with Gasteiger partial charge in [0.15, 0.2) is 11.0 Å². The summed E-state index contributed by atoms with van der Waals surface area (Å²) < 4.78 is 16.1. The van der Waals surface area contributed by atoms with Crippen LogP contribution in [0.15, 0.2) is 53.7 Å². The lowest BCUT2D eigenvalue weighted by atomic mass is 10.2. The van der Waals surface area contributed by atoms with Crippen LogP contribution in [0.3, 0.4) is 0 Å². The van der Waals surface area contributed by atoms with E-state index in [4.69, 9.17) is 0 Å². The molecule has 0 saturated heterocycles. The van der Waals surface area contributed by atoms with E-state index >= 15 is 0 Å². The van der Waals surface area contributed by atoms with E-state index in [2.05, 4.69) is 29.4 Å². The van der Waals surface area contributed by atoms with Crippen LogP contribution in [0.5, 0.6) is 0 Å². The van der Waals surface area contributed by atoms with Crippen molar-refractivity contribution >= 4 is 23.4 Å². The van der Waals surface area contributed by atoms with Crippen LogP contribution in [0, 0.1) is 18.7 Å². The highest BCUT2D eigenvalue weighted by atomic mass is 32.2. The number of amides is 1. The highest BCUT2D eigenvalue weighted by molar-refractivity contribution is 7.99. The van der Waals surface area contributed by atoms with Gasteiger partial charge in [-0.1, -0.05) is 55.4 Å². The predicted octanol–water partition coefficient (Wildman–Crippen LogP) is 4.78. The Labute approximate surface area is 168 Å². The molecule has 7 heteroatoms. The van der Waals surface area contributed by atoms with Gasteiger partial charge in [0.05, 0.1) is 11.3 Å². The normalized spacial score (nSPS) is 11.0. The standard InChI is InChI=1S/C21H23FN4OS/c1-14(2)12-26-20(17-6-4-5-7-18(17)22)24-25-21(26)28-13-19(27)23-16-10-8-15(3)9-11-16/h4-11,14H,12-13H2,1-3H3,(H,23,27). The number of halogens is 1. The highest BCUT2D eigenvalue weighted by Gasteiger charge is 2.18. The second-order valence-electron chi connectivity index (χ2n) is 6.99. The average molecular weight is 399 g/mol. The summed E-state index contributed by atoms with van der Waals surface area (Å²) in [7, 11) is 0. The summed E-state index contributed by atoms with van der Waals surface area (Å²) in [5, 5.41) is 11.9. The number of hydrogen-bond donors (Lipinski definition) is 1. The summed E-state index contributed by atoms with van der Waals surface area (Å²) in [5.74, 6) is 0.533. The molecule has 0 saturated carbocycles. The van der Waals surface area contributed by atoms with E-state index in [1.54, 1.807) is 18.2 Å². The molecule has 146 valence electrons. The Kier molecular flexibility index (Phi) is 6.46. The molecular formula is C21H23FN4OS. The molecule has 28 heavy (non-hydrogen) atoms. The summed E-state index contributed by atoms with van der Waals surface area (Å²) in [5.41, 5.74) is 2.30. The Morgan fingerprint density at radius 3 is 2.54 bits per heavy atom. The van der Waals surface area contributed by atoms with E-state index in [9.17, 15) is 9.18 Å². The molecule has 0 atom stereocenters. The molecule has 0 fully saturated rings. The number of hydrogen-bond acceptors (Lipinski definition) is 4. The molecule has 0 bridgehead atoms. The number of aromatic nitrogens is 3. The van der Waals surface area contributed by atoms with E-state index in [0.29, 0.717) is 29.0 Å². The first-order valence-corrected chi connectivity index (χ1v) is 10.1. The lowest BCUT2D eigenvalue weighted by molar-refractivity contribution is -0.113. The van der Waals surface area contributed by atoms with Crippen LogP contribution in [0.2, 0.25) is 0 Å². The molecule has 3 aromatic rings. The van der Waals surface area contributed by atoms with Crippen molar-refractivity contribution in [3.05, 3.63) is 59.9 Å². The minimum atomic E-state index is -0.339. The third-order valence-electron chi connectivity index (χ3n) is 4.05. The van der Waals surface area contributed by atoms with Crippen molar-refractivity contribution in [2.24, 2.45) is 5.92 Å². The first kappa shape index (κ1) is 20.1. The van der Waals surface area contributed by atoms with Gasteiger partial charge in [-0.2, -0.15) is 0 Å². The maximum absolute atomic E-state index is 14.2. The number of nitrogens with zero attached hydrogens (tertiary/aromatic N) is 3. The molecule has 0 spiro atoms. The molecule has 0 radical (unpaired) electrons. The molecule has 1 amide bonds. The Balaban J connectivity index is 1.75. The van der Waals surface area contributed by atoms with Gasteiger partial charge in [0.25, 0.3) is 0 Å². The third-order valence-corrected chi connectivity index (χ3v) is 5.01. The molecule has 0 aliphatic carbocycles. The second-order valence-corrected chi connectivity index (χ2v) is 7.94. The molecule has 3 rings (SSSR count). The number of thioether (sulfide) groups is 1. The summed E-state index contributed by atoms with van der Waals surface area (Å²) in [6.07, 6.45) is 0. The van der Waals surface area contributed by atoms with Crippen molar-refractivity contribution in [3.63, 3.8) is 0 Å². The molecule has 0 unspecified atom stereocenters. The molecule has 2 aromatic carbocycles. The minimum Gasteiger partial charge on any atom is -0.325 e. The number of carbonyl (C=O) groups is 1. The Morgan fingerprint density at radius 2 is 1.86 bits per heavy atom. The van der Waals surface area contributed by atoms with Crippen LogP contribution in [0.25, 0.3) is 11.4 Å². The van der Waals surface area contributed by atoms with Crippen molar-refractivity contribution < 1.29 is 9.18 Å². The fraction of sp³-hybridized carbons (Fsp3) is 0.286. The quantitative estimate of drug-likeness (QED) is 0.582. The van der Waals surface area contributed by atoms with E-state index < -0.39 is 0 Å². The molecule has 1 heterocycles. The van der Waals surface area contributed by atoms with E-state index in [1.807, 2.05) is 35.8 Å². The number of benzene rings is 2. The van der Waals surface area contributed by atoms with Gasteiger partial charge in [-0.25, -0.2) is 4.39 Å². The van der Waals surface area contributed by atoms with Crippen LogP contribution >= 0.6 is 11.8 Å². The summed E-state index contributed by atoms with van der Waals surface area (Å²) >= 11 is 1.30. The zero-order valence-corrected chi connectivity index (χ0v) is 17.0. The lowest BCUT2D eigenvalue weighted by Crippen LogP contribution is -2.15. The van der Waals surface area contributed by atoms with Crippen LogP contribution in [-0.2, 0) is 11.3 Å². The number of anilines is 1. The van der Waals surface area contributed by atoms with Crippen molar-refractivity contribution in [1.82, 2.24) is 14.8 Å². The predicted molar refractivity (Wildman–Crippen MR) is 111 cm³/mol. The van der Waals surface area contributed by atoms with Gasteiger partial charge in [-0.05, 0) is 37.1 Å². The highest BCUT2D eigenvalue weighted by Crippen LogP contribution is 2.27. The summed E-state index contributed by atoms with van der Waals surface area (Å²) in [4.78, 5) is 12.3. The Hall–Kier alpha value is -2.67. The topological polar surface area (TPSA) is 59.8 Å².